The summed E-state index contributed by atoms with van der Waals surface area (Å²) in [6.07, 6.45) is -1.76. The fourth-order valence-electron chi connectivity index (χ4n) is 4.14. The topological polar surface area (TPSA) is 140 Å². The lowest BCUT2D eigenvalue weighted by molar-refractivity contribution is -0.151. The molecule has 3 N–H and O–H groups in total. The number of amides is 2. The van der Waals surface area contributed by atoms with Crippen molar-refractivity contribution in [1.29, 1.82) is 0 Å². The molecule has 2 amide bonds. The van der Waals surface area contributed by atoms with E-state index in [9.17, 15) is 24.3 Å². The number of ether oxygens (including phenoxy) is 3. The lowest BCUT2D eigenvalue weighted by atomic mass is 9.98. The van der Waals surface area contributed by atoms with Crippen LogP contribution in [0.2, 0.25) is 0 Å². The number of benzene rings is 2. The predicted octanol–water partition coefficient (Wildman–Crippen LogP) is 4.07. The standard InChI is InChI=1S/C28H34N2O8/c1-16(2)23(25(33)36-15-22(24(31)32)29-27(35)38-28(3,4)5)30-26(34)37-14-21-19-12-8-6-10-17(19)18-11-7-9-13-20(18)21/h6-13,16,21-23H,14-15H2,1-5H3,(H,29,35)(H,30,34)(H,31,32)/t22-,23-/m0/s1. The predicted molar refractivity (Wildman–Crippen MR) is 139 cm³/mol. The van der Waals surface area contributed by atoms with E-state index in [2.05, 4.69) is 10.6 Å². The van der Waals surface area contributed by atoms with Gasteiger partial charge in [0.2, 0.25) is 0 Å². The molecule has 3 rings (SSSR count). The van der Waals surface area contributed by atoms with Crippen molar-refractivity contribution >= 4 is 24.1 Å². The number of carbonyl (C=O) groups excluding carboxylic acids is 3. The first-order chi connectivity index (χ1) is 17.9. The Morgan fingerprint density at radius 2 is 1.42 bits per heavy atom. The summed E-state index contributed by atoms with van der Waals surface area (Å²) in [4.78, 5) is 48.8. The van der Waals surface area contributed by atoms with Gasteiger partial charge in [-0.25, -0.2) is 19.2 Å². The van der Waals surface area contributed by atoms with Gasteiger partial charge in [0, 0.05) is 5.92 Å². The molecule has 2 atom stereocenters. The molecular formula is C28H34N2O8. The van der Waals surface area contributed by atoms with Crippen molar-refractivity contribution in [3.05, 3.63) is 59.7 Å². The zero-order chi connectivity index (χ0) is 28.0. The molecule has 10 nitrogen and oxygen atoms in total. The van der Waals surface area contributed by atoms with Crippen molar-refractivity contribution in [1.82, 2.24) is 10.6 Å². The van der Waals surface area contributed by atoms with Gasteiger partial charge in [-0.2, -0.15) is 0 Å². The molecule has 2 aromatic rings. The minimum Gasteiger partial charge on any atom is -0.480 e. The fraction of sp³-hybridized carbons (Fsp3) is 0.429. The van der Waals surface area contributed by atoms with Crippen LogP contribution in [-0.4, -0.2) is 60.1 Å². The zero-order valence-electron chi connectivity index (χ0n) is 22.1. The van der Waals surface area contributed by atoms with Gasteiger partial charge < -0.3 is 30.0 Å². The fourth-order valence-corrected chi connectivity index (χ4v) is 4.14. The molecule has 0 radical (unpaired) electrons. The van der Waals surface area contributed by atoms with E-state index in [1.54, 1.807) is 34.6 Å². The van der Waals surface area contributed by atoms with Gasteiger partial charge >= 0.3 is 24.1 Å². The van der Waals surface area contributed by atoms with Crippen LogP contribution in [-0.2, 0) is 23.8 Å². The van der Waals surface area contributed by atoms with Gasteiger partial charge in [-0.3, -0.25) is 0 Å². The van der Waals surface area contributed by atoms with Gasteiger partial charge in [0.1, 0.15) is 24.9 Å². The number of hydrogen-bond acceptors (Lipinski definition) is 7. The minimum absolute atomic E-state index is 0.0701. The molecule has 0 spiro atoms. The van der Waals surface area contributed by atoms with Crippen LogP contribution in [0.3, 0.4) is 0 Å². The Hall–Kier alpha value is -4.08. The lowest BCUT2D eigenvalue weighted by Crippen LogP contribution is -2.49. The molecule has 2 aromatic carbocycles. The van der Waals surface area contributed by atoms with Gasteiger partial charge in [-0.05, 0) is 48.9 Å². The summed E-state index contributed by atoms with van der Waals surface area (Å²) >= 11 is 0. The Morgan fingerprint density at radius 3 is 1.92 bits per heavy atom. The molecule has 10 heteroatoms. The third-order valence-corrected chi connectivity index (χ3v) is 5.92. The number of nitrogens with one attached hydrogen (secondary N) is 2. The average Bonchev–Trinajstić information content (AvgIpc) is 3.16. The van der Waals surface area contributed by atoms with Gasteiger partial charge in [0.05, 0.1) is 0 Å². The van der Waals surface area contributed by atoms with E-state index in [4.69, 9.17) is 14.2 Å². The SMILES string of the molecule is CC(C)[C@H](NC(=O)OCC1c2ccccc2-c2ccccc21)C(=O)OC[C@H](NC(=O)OC(C)(C)C)C(=O)O. The highest BCUT2D eigenvalue weighted by molar-refractivity contribution is 5.83. The maximum absolute atomic E-state index is 12.7. The van der Waals surface area contributed by atoms with Crippen LogP contribution in [0.1, 0.15) is 51.7 Å². The van der Waals surface area contributed by atoms with E-state index < -0.39 is 48.4 Å². The molecule has 0 aromatic heterocycles. The first-order valence-corrected chi connectivity index (χ1v) is 12.4. The van der Waals surface area contributed by atoms with Crippen LogP contribution in [0, 0.1) is 5.92 Å². The first-order valence-electron chi connectivity index (χ1n) is 12.4. The number of carbonyl (C=O) groups is 4. The van der Waals surface area contributed by atoms with E-state index in [-0.39, 0.29) is 18.4 Å². The second-order valence-electron chi connectivity index (χ2n) is 10.4. The van der Waals surface area contributed by atoms with Crippen molar-refractivity contribution in [3.63, 3.8) is 0 Å². The smallest absolute Gasteiger partial charge is 0.408 e. The number of alkyl carbamates (subject to hydrolysis) is 2. The lowest BCUT2D eigenvalue weighted by Gasteiger charge is -2.24. The van der Waals surface area contributed by atoms with Crippen molar-refractivity contribution in [2.24, 2.45) is 5.92 Å². The van der Waals surface area contributed by atoms with Crippen molar-refractivity contribution in [3.8, 4) is 11.1 Å². The minimum atomic E-state index is -1.53. The van der Waals surface area contributed by atoms with Gasteiger partial charge in [0.25, 0.3) is 0 Å². The molecule has 0 saturated heterocycles. The normalized spacial score (nSPS) is 14.1. The summed E-state index contributed by atoms with van der Waals surface area (Å²) in [7, 11) is 0. The van der Waals surface area contributed by atoms with E-state index in [1.807, 2.05) is 48.5 Å². The van der Waals surface area contributed by atoms with Gasteiger partial charge in [0.15, 0.2) is 6.04 Å². The molecule has 0 fully saturated rings. The number of carboxylic acids is 1. The summed E-state index contributed by atoms with van der Waals surface area (Å²) in [5, 5.41) is 14.1. The van der Waals surface area contributed by atoms with Crippen molar-refractivity contribution < 1.29 is 38.5 Å². The molecule has 204 valence electrons. The van der Waals surface area contributed by atoms with E-state index >= 15 is 0 Å². The van der Waals surface area contributed by atoms with Crippen LogP contribution >= 0.6 is 0 Å². The Kier molecular flexibility index (Phi) is 8.98. The molecule has 0 saturated carbocycles. The third kappa shape index (κ3) is 7.24. The number of aliphatic carboxylic acids is 1. The van der Waals surface area contributed by atoms with Gasteiger partial charge in [-0.15, -0.1) is 0 Å². The molecule has 0 heterocycles. The van der Waals surface area contributed by atoms with Crippen LogP contribution in [0.15, 0.2) is 48.5 Å². The Morgan fingerprint density at radius 1 is 0.868 bits per heavy atom. The molecule has 38 heavy (non-hydrogen) atoms. The molecule has 0 bridgehead atoms. The first kappa shape index (κ1) is 28.5. The Balaban J connectivity index is 1.58. The largest absolute Gasteiger partial charge is 0.480 e. The Labute approximate surface area is 221 Å². The quantitative estimate of drug-likeness (QED) is 0.328. The maximum Gasteiger partial charge on any atom is 0.408 e. The van der Waals surface area contributed by atoms with Crippen LogP contribution in [0.25, 0.3) is 11.1 Å². The highest BCUT2D eigenvalue weighted by Gasteiger charge is 2.32. The summed E-state index contributed by atoms with van der Waals surface area (Å²) in [5.74, 6) is -2.79. The number of rotatable bonds is 9. The molecule has 0 unspecified atom stereocenters. The molecule has 0 aliphatic heterocycles. The van der Waals surface area contributed by atoms with E-state index in [0.717, 1.165) is 22.3 Å². The van der Waals surface area contributed by atoms with E-state index in [0.29, 0.717) is 0 Å². The summed E-state index contributed by atoms with van der Waals surface area (Å²) in [6.45, 7) is 7.70. The van der Waals surface area contributed by atoms with Crippen molar-refractivity contribution in [2.75, 3.05) is 13.2 Å². The number of hydrogen-bond donors (Lipinski definition) is 3. The highest BCUT2D eigenvalue weighted by Crippen LogP contribution is 2.44. The molecule has 1 aliphatic rings. The Bertz CT molecular complexity index is 1140. The summed E-state index contributed by atoms with van der Waals surface area (Å²) in [5.41, 5.74) is 3.46. The zero-order valence-corrected chi connectivity index (χ0v) is 22.1. The van der Waals surface area contributed by atoms with E-state index in [1.165, 1.54) is 0 Å². The highest BCUT2D eigenvalue weighted by atomic mass is 16.6. The monoisotopic (exact) mass is 526 g/mol. The summed E-state index contributed by atoms with van der Waals surface area (Å²) < 4.78 is 15.7. The van der Waals surface area contributed by atoms with Crippen LogP contribution in [0.4, 0.5) is 9.59 Å². The van der Waals surface area contributed by atoms with Crippen molar-refractivity contribution in [2.45, 2.75) is 58.2 Å². The van der Waals surface area contributed by atoms with Crippen LogP contribution in [0.5, 0.6) is 0 Å². The van der Waals surface area contributed by atoms with Gasteiger partial charge in [-0.1, -0.05) is 62.4 Å². The molecule has 1 aliphatic carbocycles. The maximum atomic E-state index is 12.7. The summed E-state index contributed by atoms with van der Waals surface area (Å²) in [6, 6.07) is 13.2. The second-order valence-corrected chi connectivity index (χ2v) is 10.4. The number of esters is 1. The number of carboxylic acid groups (broad SMARTS) is 1. The average molecular weight is 527 g/mol. The second kappa shape index (κ2) is 12.0. The molecular weight excluding hydrogens is 492 g/mol. The van der Waals surface area contributed by atoms with Crippen LogP contribution < -0.4 is 10.6 Å². The third-order valence-electron chi connectivity index (χ3n) is 5.92. The number of fused-ring (bicyclic) bond motifs is 3.